The molecule has 2 heteroatoms. The van der Waals surface area contributed by atoms with Gasteiger partial charge in [-0.2, -0.15) is 0 Å². The SMILES string of the molecule is Cc1ccc(/C=C2\CCc3ccc(Br)cc3C2=O)c(C)c1. The van der Waals surface area contributed by atoms with Crippen molar-refractivity contribution < 1.29 is 4.79 Å². The van der Waals surface area contributed by atoms with E-state index < -0.39 is 0 Å². The molecular weight excluding hydrogens is 324 g/mol. The molecule has 0 unspecified atom stereocenters. The first kappa shape index (κ1) is 14.3. The number of Topliss-reactive ketones (excluding diaryl/α,β-unsaturated/α-hetero) is 1. The monoisotopic (exact) mass is 340 g/mol. The van der Waals surface area contributed by atoms with Crippen molar-refractivity contribution in [1.82, 2.24) is 0 Å². The van der Waals surface area contributed by atoms with Crippen molar-refractivity contribution >= 4 is 27.8 Å². The molecule has 0 N–H and O–H groups in total. The molecule has 1 nitrogen and oxygen atoms in total. The molecule has 21 heavy (non-hydrogen) atoms. The Balaban J connectivity index is 2.01. The van der Waals surface area contributed by atoms with E-state index in [9.17, 15) is 4.79 Å². The van der Waals surface area contributed by atoms with Crippen LogP contribution in [-0.4, -0.2) is 5.78 Å². The summed E-state index contributed by atoms with van der Waals surface area (Å²) < 4.78 is 0.961. The van der Waals surface area contributed by atoms with Crippen molar-refractivity contribution in [2.45, 2.75) is 26.7 Å². The number of fused-ring (bicyclic) bond motifs is 1. The third kappa shape index (κ3) is 2.86. The van der Waals surface area contributed by atoms with Crippen molar-refractivity contribution in [3.8, 4) is 0 Å². The van der Waals surface area contributed by atoms with Crippen LogP contribution in [0.3, 0.4) is 0 Å². The predicted molar refractivity (Wildman–Crippen MR) is 90.7 cm³/mol. The van der Waals surface area contributed by atoms with Gasteiger partial charge in [-0.3, -0.25) is 4.79 Å². The van der Waals surface area contributed by atoms with E-state index in [1.807, 2.05) is 18.2 Å². The Kier molecular flexibility index (Phi) is 3.81. The Morgan fingerprint density at radius 3 is 2.62 bits per heavy atom. The summed E-state index contributed by atoms with van der Waals surface area (Å²) in [5, 5.41) is 0. The Bertz CT molecular complexity index is 756. The minimum atomic E-state index is 0.164. The molecule has 0 saturated heterocycles. The first-order chi connectivity index (χ1) is 10.0. The van der Waals surface area contributed by atoms with Crippen LogP contribution in [-0.2, 0) is 6.42 Å². The van der Waals surface area contributed by atoms with Crippen LogP contribution in [0.25, 0.3) is 6.08 Å². The standard InChI is InChI=1S/C19H17BrO/c1-12-3-4-15(13(2)9-12)10-16-6-5-14-7-8-17(20)11-18(14)19(16)21/h3-4,7-11H,5-6H2,1-2H3/b16-10+. The van der Waals surface area contributed by atoms with E-state index in [1.54, 1.807) is 0 Å². The van der Waals surface area contributed by atoms with E-state index in [-0.39, 0.29) is 5.78 Å². The molecule has 2 aromatic carbocycles. The number of benzene rings is 2. The average Bonchev–Trinajstić information content (AvgIpc) is 2.45. The number of ketones is 1. The smallest absolute Gasteiger partial charge is 0.189 e. The maximum absolute atomic E-state index is 12.7. The zero-order valence-electron chi connectivity index (χ0n) is 12.2. The normalized spacial score (nSPS) is 16.1. The molecule has 0 amide bonds. The van der Waals surface area contributed by atoms with Crippen LogP contribution >= 0.6 is 15.9 Å². The second-order valence-corrected chi connectivity index (χ2v) is 6.58. The lowest BCUT2D eigenvalue weighted by Gasteiger charge is -2.18. The second-order valence-electron chi connectivity index (χ2n) is 5.66. The van der Waals surface area contributed by atoms with E-state index in [4.69, 9.17) is 0 Å². The highest BCUT2D eigenvalue weighted by Gasteiger charge is 2.22. The molecule has 0 heterocycles. The van der Waals surface area contributed by atoms with Gasteiger partial charge in [-0.1, -0.05) is 45.8 Å². The van der Waals surface area contributed by atoms with Crippen LogP contribution in [0.5, 0.6) is 0 Å². The fourth-order valence-corrected chi connectivity index (χ4v) is 3.21. The van der Waals surface area contributed by atoms with Crippen molar-refractivity contribution in [3.63, 3.8) is 0 Å². The molecule has 2 aromatic rings. The molecule has 3 rings (SSSR count). The maximum Gasteiger partial charge on any atom is 0.189 e. The number of hydrogen-bond acceptors (Lipinski definition) is 1. The minimum absolute atomic E-state index is 0.164. The fourth-order valence-electron chi connectivity index (χ4n) is 2.85. The van der Waals surface area contributed by atoms with Crippen LogP contribution in [0.1, 0.15) is 39.0 Å². The Labute approximate surface area is 133 Å². The number of carbonyl (C=O) groups excluding carboxylic acids is 1. The van der Waals surface area contributed by atoms with E-state index in [0.717, 1.165) is 39.6 Å². The highest BCUT2D eigenvalue weighted by Crippen LogP contribution is 2.29. The third-order valence-corrected chi connectivity index (χ3v) is 4.52. The summed E-state index contributed by atoms with van der Waals surface area (Å²) in [6.07, 6.45) is 3.81. The second kappa shape index (κ2) is 5.61. The lowest BCUT2D eigenvalue weighted by atomic mass is 9.85. The van der Waals surface area contributed by atoms with Crippen LogP contribution in [0, 0.1) is 13.8 Å². The van der Waals surface area contributed by atoms with Crippen molar-refractivity contribution in [2.75, 3.05) is 0 Å². The zero-order chi connectivity index (χ0) is 15.0. The Morgan fingerprint density at radius 1 is 1.05 bits per heavy atom. The first-order valence-corrected chi connectivity index (χ1v) is 7.95. The van der Waals surface area contributed by atoms with Crippen LogP contribution in [0.4, 0.5) is 0 Å². The van der Waals surface area contributed by atoms with Crippen molar-refractivity contribution in [3.05, 3.63) is 74.3 Å². The van der Waals surface area contributed by atoms with E-state index in [2.05, 4.69) is 54.1 Å². The molecule has 106 valence electrons. The van der Waals surface area contributed by atoms with Gasteiger partial charge in [0.15, 0.2) is 5.78 Å². The van der Waals surface area contributed by atoms with Crippen LogP contribution in [0.15, 0.2) is 46.4 Å². The van der Waals surface area contributed by atoms with Crippen molar-refractivity contribution in [2.24, 2.45) is 0 Å². The molecule has 0 aliphatic heterocycles. The van der Waals surface area contributed by atoms with Gasteiger partial charge in [0.05, 0.1) is 0 Å². The molecule has 1 aliphatic rings. The fraction of sp³-hybridized carbons (Fsp3) is 0.211. The zero-order valence-corrected chi connectivity index (χ0v) is 13.8. The van der Waals surface area contributed by atoms with Crippen LogP contribution < -0.4 is 0 Å². The van der Waals surface area contributed by atoms with Gasteiger partial charge < -0.3 is 0 Å². The predicted octanol–water partition coefficient (Wildman–Crippen LogP) is 5.28. The molecule has 1 aliphatic carbocycles. The lowest BCUT2D eigenvalue weighted by molar-refractivity contribution is 0.102. The number of rotatable bonds is 1. The summed E-state index contributed by atoms with van der Waals surface area (Å²) in [6, 6.07) is 12.3. The summed E-state index contributed by atoms with van der Waals surface area (Å²) in [6.45, 7) is 4.18. The van der Waals surface area contributed by atoms with Gasteiger partial charge in [0.1, 0.15) is 0 Å². The molecule has 0 spiro atoms. The minimum Gasteiger partial charge on any atom is -0.289 e. The van der Waals surface area contributed by atoms with Gasteiger partial charge in [-0.05, 0) is 61.6 Å². The summed E-state index contributed by atoms with van der Waals surface area (Å²) in [5.41, 5.74) is 6.51. The summed E-state index contributed by atoms with van der Waals surface area (Å²) in [4.78, 5) is 12.7. The lowest BCUT2D eigenvalue weighted by Crippen LogP contribution is -2.14. The van der Waals surface area contributed by atoms with Gasteiger partial charge in [-0.25, -0.2) is 0 Å². The number of carbonyl (C=O) groups is 1. The number of halogens is 1. The topological polar surface area (TPSA) is 17.1 Å². The van der Waals surface area contributed by atoms with Gasteiger partial charge in [0, 0.05) is 15.6 Å². The molecule has 0 radical (unpaired) electrons. The molecule has 0 bridgehead atoms. The quantitative estimate of drug-likeness (QED) is 0.645. The van der Waals surface area contributed by atoms with E-state index >= 15 is 0 Å². The molecule has 0 saturated carbocycles. The highest BCUT2D eigenvalue weighted by molar-refractivity contribution is 9.10. The van der Waals surface area contributed by atoms with Gasteiger partial charge >= 0.3 is 0 Å². The van der Waals surface area contributed by atoms with Crippen LogP contribution in [0.2, 0.25) is 0 Å². The molecule has 0 fully saturated rings. The third-order valence-electron chi connectivity index (χ3n) is 4.03. The molecular formula is C19H17BrO. The van der Waals surface area contributed by atoms with Gasteiger partial charge in [-0.15, -0.1) is 0 Å². The van der Waals surface area contributed by atoms with E-state index in [1.165, 1.54) is 11.1 Å². The first-order valence-electron chi connectivity index (χ1n) is 7.15. The number of aryl methyl sites for hydroxylation is 3. The largest absolute Gasteiger partial charge is 0.289 e. The number of allylic oxidation sites excluding steroid dienone is 1. The highest BCUT2D eigenvalue weighted by atomic mass is 79.9. The number of hydrogen-bond donors (Lipinski definition) is 0. The molecule has 0 aromatic heterocycles. The Hall–Kier alpha value is -1.67. The maximum atomic E-state index is 12.7. The van der Waals surface area contributed by atoms with Gasteiger partial charge in [0.2, 0.25) is 0 Å². The summed E-state index contributed by atoms with van der Waals surface area (Å²) >= 11 is 3.45. The summed E-state index contributed by atoms with van der Waals surface area (Å²) in [7, 11) is 0. The van der Waals surface area contributed by atoms with Gasteiger partial charge in [0.25, 0.3) is 0 Å². The molecule has 0 atom stereocenters. The summed E-state index contributed by atoms with van der Waals surface area (Å²) in [5.74, 6) is 0.164. The average molecular weight is 341 g/mol. The van der Waals surface area contributed by atoms with Crippen molar-refractivity contribution in [1.29, 1.82) is 0 Å². The Morgan fingerprint density at radius 2 is 1.86 bits per heavy atom. The van der Waals surface area contributed by atoms with E-state index in [0.29, 0.717) is 0 Å².